The molecule has 0 fully saturated rings. The third-order valence-corrected chi connectivity index (χ3v) is 2.77. The molecule has 0 N–H and O–H groups in total. The number of carbonyl (C=O) groups is 2. The van der Waals surface area contributed by atoms with Crippen molar-refractivity contribution < 1.29 is 19.1 Å². The summed E-state index contributed by atoms with van der Waals surface area (Å²) in [6.45, 7) is 0.339. The first-order valence-corrected chi connectivity index (χ1v) is 6.08. The van der Waals surface area contributed by atoms with E-state index in [4.69, 9.17) is 4.74 Å². The number of ether oxygens (including phenoxy) is 2. The summed E-state index contributed by atoms with van der Waals surface area (Å²) in [4.78, 5) is 22.0. The molecule has 102 valence electrons. The fraction of sp³-hybridized carbons (Fsp3) is 0.125. The van der Waals surface area contributed by atoms with Crippen LogP contribution in [0.2, 0.25) is 0 Å². The van der Waals surface area contributed by atoms with Gasteiger partial charge in [-0.2, -0.15) is 0 Å². The number of hydrogen-bond donors (Lipinski definition) is 0. The van der Waals surface area contributed by atoms with E-state index >= 15 is 0 Å². The molecular formula is C16H14O4. The maximum absolute atomic E-state index is 11.4. The van der Waals surface area contributed by atoms with E-state index in [2.05, 4.69) is 4.74 Å². The predicted octanol–water partition coefficient (Wildman–Crippen LogP) is 2.86. The lowest BCUT2D eigenvalue weighted by Gasteiger charge is -2.07. The minimum Gasteiger partial charge on any atom is -0.489 e. The fourth-order valence-electron chi connectivity index (χ4n) is 1.72. The molecule has 20 heavy (non-hydrogen) atoms. The normalized spacial score (nSPS) is 9.85. The van der Waals surface area contributed by atoms with Crippen LogP contribution < -0.4 is 4.74 Å². The fourth-order valence-corrected chi connectivity index (χ4v) is 1.72. The molecule has 0 atom stereocenters. The zero-order chi connectivity index (χ0) is 14.4. The minimum absolute atomic E-state index is 0.339. The molecular weight excluding hydrogens is 256 g/mol. The number of benzene rings is 2. The molecule has 0 amide bonds. The zero-order valence-corrected chi connectivity index (χ0v) is 11.0. The van der Waals surface area contributed by atoms with Crippen molar-refractivity contribution in [2.24, 2.45) is 0 Å². The smallest absolute Gasteiger partial charge is 0.337 e. The molecule has 0 heterocycles. The second-order valence-electron chi connectivity index (χ2n) is 4.17. The maximum Gasteiger partial charge on any atom is 0.337 e. The zero-order valence-electron chi connectivity index (χ0n) is 11.0. The monoisotopic (exact) mass is 270 g/mol. The van der Waals surface area contributed by atoms with Crippen molar-refractivity contribution in [3.8, 4) is 5.75 Å². The van der Waals surface area contributed by atoms with Gasteiger partial charge in [-0.1, -0.05) is 12.1 Å². The van der Waals surface area contributed by atoms with Gasteiger partial charge in [-0.25, -0.2) is 4.79 Å². The van der Waals surface area contributed by atoms with Gasteiger partial charge in [0.15, 0.2) is 0 Å². The quantitative estimate of drug-likeness (QED) is 0.619. The van der Waals surface area contributed by atoms with Crippen molar-refractivity contribution in [2.75, 3.05) is 7.11 Å². The molecule has 0 aliphatic rings. The first-order valence-electron chi connectivity index (χ1n) is 6.08. The molecule has 0 saturated heterocycles. The van der Waals surface area contributed by atoms with Crippen molar-refractivity contribution in [3.05, 3.63) is 65.2 Å². The molecule has 2 aromatic carbocycles. The molecule has 0 bridgehead atoms. The third kappa shape index (κ3) is 3.45. The minimum atomic E-state index is -0.373. The van der Waals surface area contributed by atoms with E-state index in [9.17, 15) is 9.59 Å². The van der Waals surface area contributed by atoms with E-state index in [1.54, 1.807) is 42.5 Å². The second-order valence-corrected chi connectivity index (χ2v) is 4.17. The molecule has 0 spiro atoms. The molecule has 0 radical (unpaired) electrons. The van der Waals surface area contributed by atoms with Gasteiger partial charge in [0, 0.05) is 5.56 Å². The molecule has 2 rings (SSSR count). The van der Waals surface area contributed by atoms with Crippen LogP contribution in [-0.4, -0.2) is 19.4 Å². The van der Waals surface area contributed by atoms with Crippen LogP contribution in [0.5, 0.6) is 5.75 Å². The summed E-state index contributed by atoms with van der Waals surface area (Å²) in [5, 5.41) is 0. The summed E-state index contributed by atoms with van der Waals surface area (Å²) in [5.41, 5.74) is 1.96. The Morgan fingerprint density at radius 3 is 2.55 bits per heavy atom. The highest BCUT2D eigenvalue weighted by molar-refractivity contribution is 5.89. The average molecular weight is 270 g/mol. The van der Waals surface area contributed by atoms with Crippen LogP contribution in [0.3, 0.4) is 0 Å². The van der Waals surface area contributed by atoms with Crippen LogP contribution >= 0.6 is 0 Å². The highest BCUT2D eigenvalue weighted by Crippen LogP contribution is 2.14. The Bertz CT molecular complexity index is 602. The molecule has 0 saturated carbocycles. The van der Waals surface area contributed by atoms with E-state index in [-0.39, 0.29) is 5.97 Å². The second kappa shape index (κ2) is 6.52. The summed E-state index contributed by atoms with van der Waals surface area (Å²) in [7, 11) is 1.35. The van der Waals surface area contributed by atoms with Gasteiger partial charge in [-0.15, -0.1) is 0 Å². The SMILES string of the molecule is COC(=O)c1cccc(COc2ccc(C=O)cc2)c1. The Morgan fingerprint density at radius 2 is 1.90 bits per heavy atom. The Hall–Kier alpha value is -2.62. The molecule has 4 heteroatoms. The lowest BCUT2D eigenvalue weighted by atomic mass is 10.1. The third-order valence-electron chi connectivity index (χ3n) is 2.77. The molecule has 0 unspecified atom stereocenters. The molecule has 0 aliphatic heterocycles. The van der Waals surface area contributed by atoms with Gasteiger partial charge in [0.2, 0.25) is 0 Å². The number of methoxy groups -OCH3 is 1. The highest BCUT2D eigenvalue weighted by atomic mass is 16.5. The van der Waals surface area contributed by atoms with Crippen LogP contribution in [0.4, 0.5) is 0 Å². The van der Waals surface area contributed by atoms with E-state index in [0.29, 0.717) is 23.5 Å². The van der Waals surface area contributed by atoms with Crippen molar-refractivity contribution in [1.82, 2.24) is 0 Å². The van der Waals surface area contributed by atoms with E-state index in [1.807, 2.05) is 6.07 Å². The summed E-state index contributed by atoms with van der Waals surface area (Å²) < 4.78 is 10.3. The summed E-state index contributed by atoms with van der Waals surface area (Å²) in [5.74, 6) is 0.293. The highest BCUT2D eigenvalue weighted by Gasteiger charge is 2.05. The lowest BCUT2D eigenvalue weighted by molar-refractivity contribution is 0.0600. The number of esters is 1. The molecule has 2 aromatic rings. The van der Waals surface area contributed by atoms with Crippen molar-refractivity contribution >= 4 is 12.3 Å². The Kier molecular flexibility index (Phi) is 4.50. The van der Waals surface area contributed by atoms with Gasteiger partial charge in [0.1, 0.15) is 18.6 Å². The van der Waals surface area contributed by atoms with Crippen LogP contribution in [-0.2, 0) is 11.3 Å². The summed E-state index contributed by atoms with van der Waals surface area (Å²) in [6.07, 6.45) is 0.781. The first kappa shape index (κ1) is 13.8. The summed E-state index contributed by atoms with van der Waals surface area (Å²) in [6, 6.07) is 13.9. The van der Waals surface area contributed by atoms with Crippen LogP contribution in [0.15, 0.2) is 48.5 Å². The van der Waals surface area contributed by atoms with Gasteiger partial charge >= 0.3 is 5.97 Å². The van der Waals surface area contributed by atoms with Crippen molar-refractivity contribution in [2.45, 2.75) is 6.61 Å². The first-order chi connectivity index (χ1) is 9.72. The number of aldehydes is 1. The Morgan fingerprint density at radius 1 is 1.15 bits per heavy atom. The van der Waals surface area contributed by atoms with E-state index < -0.39 is 0 Å². The van der Waals surface area contributed by atoms with E-state index in [1.165, 1.54) is 7.11 Å². The average Bonchev–Trinajstić information content (AvgIpc) is 2.53. The number of carbonyl (C=O) groups excluding carboxylic acids is 2. The molecule has 0 aromatic heterocycles. The Balaban J connectivity index is 2.02. The topological polar surface area (TPSA) is 52.6 Å². The van der Waals surface area contributed by atoms with Crippen LogP contribution in [0.1, 0.15) is 26.3 Å². The largest absolute Gasteiger partial charge is 0.489 e. The van der Waals surface area contributed by atoms with Gasteiger partial charge in [0.05, 0.1) is 12.7 Å². The number of hydrogen-bond acceptors (Lipinski definition) is 4. The van der Waals surface area contributed by atoms with Crippen molar-refractivity contribution in [1.29, 1.82) is 0 Å². The molecule has 0 aliphatic carbocycles. The van der Waals surface area contributed by atoms with Gasteiger partial charge < -0.3 is 9.47 Å². The lowest BCUT2D eigenvalue weighted by Crippen LogP contribution is -2.03. The van der Waals surface area contributed by atoms with E-state index in [0.717, 1.165) is 11.8 Å². The van der Waals surface area contributed by atoms with Gasteiger partial charge in [-0.05, 0) is 42.0 Å². The van der Waals surface area contributed by atoms with Gasteiger partial charge in [0.25, 0.3) is 0 Å². The predicted molar refractivity (Wildman–Crippen MR) is 73.9 cm³/mol. The standard InChI is InChI=1S/C16H14O4/c1-19-16(18)14-4-2-3-13(9-14)11-20-15-7-5-12(10-17)6-8-15/h2-10H,11H2,1H3. The van der Waals surface area contributed by atoms with Gasteiger partial charge in [-0.3, -0.25) is 4.79 Å². The number of rotatable bonds is 5. The summed E-state index contributed by atoms with van der Waals surface area (Å²) >= 11 is 0. The molecule has 4 nitrogen and oxygen atoms in total. The van der Waals surface area contributed by atoms with Crippen molar-refractivity contribution in [3.63, 3.8) is 0 Å². The van der Waals surface area contributed by atoms with Crippen LogP contribution in [0.25, 0.3) is 0 Å². The Labute approximate surface area is 116 Å². The van der Waals surface area contributed by atoms with Crippen LogP contribution in [0, 0.1) is 0 Å². The maximum atomic E-state index is 11.4.